The van der Waals surface area contributed by atoms with Crippen molar-refractivity contribution in [3.05, 3.63) is 24.4 Å². The SMILES string of the molecule is SCC1(CN2CCN(c3ccccn3)CC2)CCCC1. The fourth-order valence-electron chi connectivity index (χ4n) is 3.64. The Morgan fingerprint density at radius 1 is 1.10 bits per heavy atom. The zero-order valence-corrected chi connectivity index (χ0v) is 13.1. The molecule has 0 unspecified atom stereocenters. The summed E-state index contributed by atoms with van der Waals surface area (Å²) in [5.41, 5.74) is 0.496. The summed E-state index contributed by atoms with van der Waals surface area (Å²) in [4.78, 5) is 9.50. The van der Waals surface area contributed by atoms with Gasteiger partial charge in [0.05, 0.1) is 0 Å². The lowest BCUT2D eigenvalue weighted by molar-refractivity contribution is 0.163. The highest BCUT2D eigenvalue weighted by atomic mass is 32.1. The Kier molecular flexibility index (Phi) is 4.51. The van der Waals surface area contributed by atoms with Crippen LogP contribution in [0.3, 0.4) is 0 Å². The molecule has 2 heterocycles. The number of hydrogen-bond acceptors (Lipinski definition) is 4. The van der Waals surface area contributed by atoms with Gasteiger partial charge >= 0.3 is 0 Å². The van der Waals surface area contributed by atoms with Crippen LogP contribution in [0.5, 0.6) is 0 Å². The van der Waals surface area contributed by atoms with Gasteiger partial charge in [-0.25, -0.2) is 4.98 Å². The summed E-state index contributed by atoms with van der Waals surface area (Å²) in [7, 11) is 0. The van der Waals surface area contributed by atoms with Crippen molar-refractivity contribution in [1.82, 2.24) is 9.88 Å². The van der Waals surface area contributed by atoms with Crippen molar-refractivity contribution in [1.29, 1.82) is 0 Å². The van der Waals surface area contributed by atoms with Crippen LogP contribution < -0.4 is 4.90 Å². The van der Waals surface area contributed by atoms with Gasteiger partial charge in [0.1, 0.15) is 5.82 Å². The van der Waals surface area contributed by atoms with Crippen LogP contribution in [-0.4, -0.2) is 48.4 Å². The molecule has 1 aliphatic carbocycles. The Balaban J connectivity index is 1.54. The molecule has 0 bridgehead atoms. The molecule has 2 aliphatic rings. The van der Waals surface area contributed by atoms with Crippen molar-refractivity contribution in [2.75, 3.05) is 43.4 Å². The standard InChI is InChI=1S/C16H25N3S/c20-14-16(6-2-3-7-16)13-18-9-11-19(12-10-18)15-5-1-4-8-17-15/h1,4-5,8,20H,2-3,6-7,9-14H2. The van der Waals surface area contributed by atoms with Gasteiger partial charge in [-0.15, -0.1) is 0 Å². The van der Waals surface area contributed by atoms with Gasteiger partial charge in [-0.3, -0.25) is 4.90 Å². The van der Waals surface area contributed by atoms with E-state index in [1.54, 1.807) is 0 Å². The van der Waals surface area contributed by atoms with Crippen LogP contribution in [0.2, 0.25) is 0 Å². The van der Waals surface area contributed by atoms with E-state index in [0.717, 1.165) is 37.7 Å². The number of hydrogen-bond donors (Lipinski definition) is 1. The van der Waals surface area contributed by atoms with Crippen molar-refractivity contribution in [2.24, 2.45) is 5.41 Å². The maximum atomic E-state index is 4.63. The summed E-state index contributed by atoms with van der Waals surface area (Å²) in [5, 5.41) is 0. The maximum Gasteiger partial charge on any atom is 0.128 e. The monoisotopic (exact) mass is 291 g/mol. The van der Waals surface area contributed by atoms with E-state index in [2.05, 4.69) is 39.5 Å². The average molecular weight is 291 g/mol. The molecule has 1 aromatic rings. The average Bonchev–Trinajstić information content (AvgIpc) is 2.98. The first-order chi connectivity index (χ1) is 9.81. The highest BCUT2D eigenvalue weighted by Gasteiger charge is 2.35. The third-order valence-electron chi connectivity index (χ3n) is 4.90. The van der Waals surface area contributed by atoms with Crippen molar-refractivity contribution in [2.45, 2.75) is 25.7 Å². The Bertz CT molecular complexity index is 409. The summed E-state index contributed by atoms with van der Waals surface area (Å²) < 4.78 is 0. The molecule has 0 spiro atoms. The molecule has 0 atom stereocenters. The number of thiol groups is 1. The molecular weight excluding hydrogens is 266 g/mol. The molecule has 0 N–H and O–H groups in total. The molecule has 1 saturated carbocycles. The highest BCUT2D eigenvalue weighted by molar-refractivity contribution is 7.80. The normalized spacial score (nSPS) is 23.1. The van der Waals surface area contributed by atoms with Crippen molar-refractivity contribution in [3.63, 3.8) is 0 Å². The summed E-state index contributed by atoms with van der Waals surface area (Å²) in [6.07, 6.45) is 7.42. The number of pyridine rings is 1. The second kappa shape index (κ2) is 6.35. The van der Waals surface area contributed by atoms with Gasteiger partial charge in [0.2, 0.25) is 0 Å². The Hall–Kier alpha value is -0.740. The van der Waals surface area contributed by atoms with Gasteiger partial charge in [-0.05, 0) is 36.1 Å². The molecule has 0 radical (unpaired) electrons. The molecule has 0 aromatic carbocycles. The third-order valence-corrected chi connectivity index (χ3v) is 5.58. The van der Waals surface area contributed by atoms with E-state index in [1.165, 1.54) is 32.2 Å². The molecular formula is C16H25N3S. The first-order valence-electron chi connectivity index (χ1n) is 7.81. The number of anilines is 1. The number of aromatic nitrogens is 1. The molecule has 0 amide bonds. The van der Waals surface area contributed by atoms with Crippen LogP contribution >= 0.6 is 12.6 Å². The van der Waals surface area contributed by atoms with Crippen LogP contribution in [0.15, 0.2) is 24.4 Å². The van der Waals surface area contributed by atoms with Gasteiger partial charge in [0.15, 0.2) is 0 Å². The molecule has 110 valence electrons. The first kappa shape index (κ1) is 14.2. The van der Waals surface area contributed by atoms with E-state index in [-0.39, 0.29) is 0 Å². The molecule has 1 aliphatic heterocycles. The highest BCUT2D eigenvalue weighted by Crippen LogP contribution is 2.39. The van der Waals surface area contributed by atoms with Gasteiger partial charge in [-0.2, -0.15) is 12.6 Å². The van der Waals surface area contributed by atoms with Gasteiger partial charge in [0.25, 0.3) is 0 Å². The Morgan fingerprint density at radius 2 is 1.85 bits per heavy atom. The predicted molar refractivity (Wildman–Crippen MR) is 87.6 cm³/mol. The van der Waals surface area contributed by atoms with E-state index in [4.69, 9.17) is 0 Å². The quantitative estimate of drug-likeness (QED) is 0.861. The predicted octanol–water partition coefficient (Wildman–Crippen LogP) is 2.69. The van der Waals surface area contributed by atoms with E-state index in [0.29, 0.717) is 5.41 Å². The maximum absolute atomic E-state index is 4.63. The molecule has 3 nitrogen and oxygen atoms in total. The van der Waals surface area contributed by atoms with Crippen molar-refractivity contribution in [3.8, 4) is 0 Å². The van der Waals surface area contributed by atoms with Crippen LogP contribution in [0.1, 0.15) is 25.7 Å². The smallest absolute Gasteiger partial charge is 0.128 e. The molecule has 3 rings (SSSR count). The topological polar surface area (TPSA) is 19.4 Å². The van der Waals surface area contributed by atoms with Crippen LogP contribution in [0, 0.1) is 5.41 Å². The fraction of sp³-hybridized carbons (Fsp3) is 0.688. The molecule has 2 fully saturated rings. The van der Waals surface area contributed by atoms with E-state index in [1.807, 2.05) is 12.3 Å². The molecule has 4 heteroatoms. The molecule has 1 aromatic heterocycles. The first-order valence-corrected chi connectivity index (χ1v) is 8.44. The van der Waals surface area contributed by atoms with Crippen LogP contribution in [0.4, 0.5) is 5.82 Å². The van der Waals surface area contributed by atoms with Gasteiger partial charge in [0, 0.05) is 38.9 Å². The largest absolute Gasteiger partial charge is 0.354 e. The minimum atomic E-state index is 0.496. The summed E-state index contributed by atoms with van der Waals surface area (Å²) >= 11 is 4.63. The summed E-state index contributed by atoms with van der Waals surface area (Å²) in [6, 6.07) is 6.17. The lowest BCUT2D eigenvalue weighted by Gasteiger charge is -2.40. The van der Waals surface area contributed by atoms with E-state index < -0.39 is 0 Å². The minimum absolute atomic E-state index is 0.496. The zero-order valence-electron chi connectivity index (χ0n) is 12.2. The second-order valence-electron chi connectivity index (χ2n) is 6.32. The van der Waals surface area contributed by atoms with Crippen LogP contribution in [0.25, 0.3) is 0 Å². The fourth-order valence-corrected chi connectivity index (χ4v) is 4.06. The van der Waals surface area contributed by atoms with Crippen molar-refractivity contribution >= 4 is 18.4 Å². The second-order valence-corrected chi connectivity index (χ2v) is 6.63. The molecule has 1 saturated heterocycles. The van der Waals surface area contributed by atoms with Crippen molar-refractivity contribution < 1.29 is 0 Å². The number of rotatable bonds is 4. The Labute approximate surface area is 127 Å². The van der Waals surface area contributed by atoms with Gasteiger partial charge < -0.3 is 4.90 Å². The van der Waals surface area contributed by atoms with E-state index >= 15 is 0 Å². The number of nitrogens with zero attached hydrogens (tertiary/aromatic N) is 3. The number of piperazine rings is 1. The van der Waals surface area contributed by atoms with E-state index in [9.17, 15) is 0 Å². The molecule has 20 heavy (non-hydrogen) atoms. The van der Waals surface area contributed by atoms with Crippen LogP contribution in [-0.2, 0) is 0 Å². The lowest BCUT2D eigenvalue weighted by Crippen LogP contribution is -2.50. The lowest BCUT2D eigenvalue weighted by atomic mass is 9.87. The summed E-state index contributed by atoms with van der Waals surface area (Å²) in [5.74, 6) is 2.17. The summed E-state index contributed by atoms with van der Waals surface area (Å²) in [6.45, 7) is 5.75. The van der Waals surface area contributed by atoms with Gasteiger partial charge in [-0.1, -0.05) is 18.9 Å². The Morgan fingerprint density at radius 3 is 2.45 bits per heavy atom. The third kappa shape index (κ3) is 3.12. The zero-order chi connectivity index (χ0) is 13.8. The minimum Gasteiger partial charge on any atom is -0.354 e.